The average Bonchev–Trinajstić information content (AvgIpc) is 3.14. The Morgan fingerprint density at radius 1 is 1.11 bits per heavy atom. The fourth-order valence-corrected chi connectivity index (χ4v) is 2.95. The molecule has 6 heteroatoms. The van der Waals surface area contributed by atoms with Gasteiger partial charge in [-0.2, -0.15) is 0 Å². The van der Waals surface area contributed by atoms with Crippen molar-refractivity contribution in [1.82, 2.24) is 4.90 Å². The lowest BCUT2D eigenvalue weighted by molar-refractivity contribution is -0.159. The first-order valence-corrected chi connectivity index (χ1v) is 6.93. The van der Waals surface area contributed by atoms with Crippen molar-refractivity contribution in [3.05, 3.63) is 0 Å². The Bertz CT molecular complexity index is 381. The van der Waals surface area contributed by atoms with Crippen molar-refractivity contribution in [2.45, 2.75) is 43.9 Å². The van der Waals surface area contributed by atoms with E-state index in [0.717, 1.165) is 12.8 Å². The van der Waals surface area contributed by atoms with Crippen molar-refractivity contribution in [3.8, 4) is 0 Å². The maximum Gasteiger partial charge on any atom is 0.332 e. The van der Waals surface area contributed by atoms with E-state index in [4.69, 9.17) is 14.6 Å². The van der Waals surface area contributed by atoms with Gasteiger partial charge in [-0.25, -0.2) is 4.79 Å². The molecule has 3 fully saturated rings. The molecule has 2 heterocycles. The minimum absolute atomic E-state index is 0.0519. The summed E-state index contributed by atoms with van der Waals surface area (Å²) in [7, 11) is 0. The third-order valence-electron chi connectivity index (χ3n) is 4.19. The fraction of sp³-hybridized carbons (Fsp3) is 0.846. The number of hydrogen-bond acceptors (Lipinski definition) is 4. The lowest BCUT2D eigenvalue weighted by Gasteiger charge is -2.37. The monoisotopic (exact) mass is 269 g/mol. The molecule has 2 aliphatic heterocycles. The summed E-state index contributed by atoms with van der Waals surface area (Å²) in [4.78, 5) is 25.2. The number of carbonyl (C=O) groups excluding carboxylic acids is 1. The summed E-state index contributed by atoms with van der Waals surface area (Å²) >= 11 is 0. The Balaban J connectivity index is 1.64. The molecule has 3 rings (SSSR count). The first-order chi connectivity index (χ1) is 9.16. The molecular weight excluding hydrogens is 250 g/mol. The first-order valence-electron chi connectivity index (χ1n) is 6.93. The molecule has 1 saturated carbocycles. The number of nitrogens with zero attached hydrogens (tertiary/aromatic N) is 1. The van der Waals surface area contributed by atoms with Crippen LogP contribution in [0.2, 0.25) is 0 Å². The summed E-state index contributed by atoms with van der Waals surface area (Å²) < 4.78 is 10.8. The van der Waals surface area contributed by atoms with Gasteiger partial charge in [0.2, 0.25) is 0 Å². The summed E-state index contributed by atoms with van der Waals surface area (Å²) in [6, 6.07) is 0.161. The number of amides is 1. The molecule has 0 aromatic rings. The van der Waals surface area contributed by atoms with E-state index >= 15 is 0 Å². The van der Waals surface area contributed by atoms with Gasteiger partial charge in [-0.1, -0.05) is 0 Å². The molecule has 1 unspecified atom stereocenters. The second-order valence-electron chi connectivity index (χ2n) is 5.54. The number of carboxylic acids is 1. The summed E-state index contributed by atoms with van der Waals surface area (Å²) in [5, 5.41) is 8.90. The number of rotatable bonds is 3. The number of morpholine rings is 1. The van der Waals surface area contributed by atoms with Gasteiger partial charge in [-0.3, -0.25) is 4.79 Å². The predicted octanol–water partition coefficient (Wildman–Crippen LogP) is 0.256. The van der Waals surface area contributed by atoms with Gasteiger partial charge in [0.1, 0.15) is 6.10 Å². The van der Waals surface area contributed by atoms with Crippen LogP contribution in [0.4, 0.5) is 0 Å². The normalized spacial score (nSPS) is 35.4. The van der Waals surface area contributed by atoms with Gasteiger partial charge in [0.15, 0.2) is 6.10 Å². The van der Waals surface area contributed by atoms with Crippen molar-refractivity contribution in [3.63, 3.8) is 0 Å². The molecule has 0 bridgehead atoms. The van der Waals surface area contributed by atoms with Crippen LogP contribution in [-0.2, 0) is 19.1 Å². The Labute approximate surface area is 111 Å². The van der Waals surface area contributed by atoms with Crippen LogP contribution in [-0.4, -0.2) is 59.9 Å². The molecule has 6 nitrogen and oxygen atoms in total. The highest BCUT2D eigenvalue weighted by Gasteiger charge is 2.43. The number of aliphatic carboxylic acids is 1. The van der Waals surface area contributed by atoms with Crippen LogP contribution >= 0.6 is 0 Å². The quantitative estimate of drug-likeness (QED) is 0.795. The molecule has 0 aromatic heterocycles. The maximum absolute atomic E-state index is 12.5. The third kappa shape index (κ3) is 2.60. The molecule has 1 N–H and O–H groups in total. The SMILES string of the molecule is O=C(O)[C@H]1CC[C@@H](C(=O)N2CCOCC2C2CC2)O1. The van der Waals surface area contributed by atoms with Crippen molar-refractivity contribution in [2.75, 3.05) is 19.8 Å². The smallest absolute Gasteiger partial charge is 0.332 e. The highest BCUT2D eigenvalue weighted by molar-refractivity contribution is 5.83. The van der Waals surface area contributed by atoms with Crippen LogP contribution in [0.3, 0.4) is 0 Å². The molecule has 1 aliphatic carbocycles. The van der Waals surface area contributed by atoms with Crippen LogP contribution < -0.4 is 0 Å². The van der Waals surface area contributed by atoms with Crippen molar-refractivity contribution < 1.29 is 24.2 Å². The Hall–Kier alpha value is -1.14. The van der Waals surface area contributed by atoms with E-state index < -0.39 is 18.2 Å². The van der Waals surface area contributed by atoms with E-state index in [0.29, 0.717) is 38.5 Å². The zero-order valence-corrected chi connectivity index (χ0v) is 10.8. The fourth-order valence-electron chi connectivity index (χ4n) is 2.95. The molecule has 19 heavy (non-hydrogen) atoms. The lowest BCUT2D eigenvalue weighted by atomic mass is 10.1. The van der Waals surface area contributed by atoms with Crippen LogP contribution in [0.15, 0.2) is 0 Å². The predicted molar refractivity (Wildman–Crippen MR) is 64.6 cm³/mol. The largest absolute Gasteiger partial charge is 0.479 e. The number of carboxylic acid groups (broad SMARTS) is 1. The van der Waals surface area contributed by atoms with Gasteiger partial charge < -0.3 is 19.5 Å². The van der Waals surface area contributed by atoms with Crippen LogP contribution in [0.25, 0.3) is 0 Å². The molecule has 1 amide bonds. The highest BCUT2D eigenvalue weighted by Crippen LogP contribution is 2.37. The van der Waals surface area contributed by atoms with Gasteiger partial charge in [0.25, 0.3) is 5.91 Å². The molecule has 0 radical (unpaired) electrons. The minimum Gasteiger partial charge on any atom is -0.479 e. The van der Waals surface area contributed by atoms with Gasteiger partial charge in [0.05, 0.1) is 19.3 Å². The van der Waals surface area contributed by atoms with Crippen molar-refractivity contribution >= 4 is 11.9 Å². The summed E-state index contributed by atoms with van der Waals surface area (Å²) in [6.45, 7) is 1.76. The van der Waals surface area contributed by atoms with E-state index in [9.17, 15) is 9.59 Å². The zero-order valence-electron chi connectivity index (χ0n) is 10.8. The van der Waals surface area contributed by atoms with E-state index in [1.54, 1.807) is 0 Å². The van der Waals surface area contributed by atoms with Gasteiger partial charge in [0, 0.05) is 6.54 Å². The number of hydrogen-bond donors (Lipinski definition) is 1. The molecular formula is C13H19NO5. The molecule has 106 valence electrons. The molecule has 0 aromatic carbocycles. The molecule has 2 saturated heterocycles. The van der Waals surface area contributed by atoms with Gasteiger partial charge >= 0.3 is 5.97 Å². The summed E-state index contributed by atoms with van der Waals surface area (Å²) in [5.41, 5.74) is 0. The Morgan fingerprint density at radius 2 is 1.84 bits per heavy atom. The van der Waals surface area contributed by atoms with Crippen LogP contribution in [0.1, 0.15) is 25.7 Å². The van der Waals surface area contributed by atoms with Crippen molar-refractivity contribution in [2.24, 2.45) is 5.92 Å². The van der Waals surface area contributed by atoms with Crippen molar-refractivity contribution in [1.29, 1.82) is 0 Å². The lowest BCUT2D eigenvalue weighted by Crippen LogP contribution is -2.53. The first kappa shape index (κ1) is 12.9. The Kier molecular flexibility index (Phi) is 3.45. The van der Waals surface area contributed by atoms with E-state index in [-0.39, 0.29) is 11.9 Å². The highest BCUT2D eigenvalue weighted by atomic mass is 16.5. The number of carbonyl (C=O) groups is 2. The minimum atomic E-state index is -0.976. The second kappa shape index (κ2) is 5.09. The van der Waals surface area contributed by atoms with Gasteiger partial charge in [-0.15, -0.1) is 0 Å². The standard InChI is InChI=1S/C13H19NO5/c15-12(10-3-4-11(19-10)13(16)17)14-5-6-18-7-9(14)8-1-2-8/h8-11H,1-7H2,(H,16,17)/t9?,10-,11+/m0/s1. The van der Waals surface area contributed by atoms with E-state index in [1.165, 1.54) is 0 Å². The van der Waals surface area contributed by atoms with E-state index in [1.807, 2.05) is 4.90 Å². The van der Waals surface area contributed by atoms with Crippen LogP contribution in [0, 0.1) is 5.92 Å². The molecule has 3 aliphatic rings. The zero-order chi connectivity index (χ0) is 13.4. The summed E-state index contributed by atoms with van der Waals surface area (Å²) in [6.07, 6.45) is 1.83. The molecule has 3 atom stereocenters. The number of ether oxygens (including phenoxy) is 2. The second-order valence-corrected chi connectivity index (χ2v) is 5.54. The molecule has 0 spiro atoms. The van der Waals surface area contributed by atoms with Gasteiger partial charge in [-0.05, 0) is 31.6 Å². The van der Waals surface area contributed by atoms with E-state index in [2.05, 4.69) is 0 Å². The Morgan fingerprint density at radius 3 is 2.47 bits per heavy atom. The van der Waals surface area contributed by atoms with Crippen LogP contribution in [0.5, 0.6) is 0 Å². The topological polar surface area (TPSA) is 76.1 Å². The average molecular weight is 269 g/mol. The maximum atomic E-state index is 12.5. The summed E-state index contributed by atoms with van der Waals surface area (Å²) in [5.74, 6) is -0.471. The third-order valence-corrected chi connectivity index (χ3v) is 4.19.